The van der Waals surface area contributed by atoms with Gasteiger partial charge in [0.15, 0.2) is 5.65 Å². The van der Waals surface area contributed by atoms with E-state index in [2.05, 4.69) is 95.3 Å². The quantitative estimate of drug-likeness (QED) is 0.0755. The van der Waals surface area contributed by atoms with Crippen molar-refractivity contribution in [1.29, 1.82) is 0 Å². The number of benzene rings is 1. The summed E-state index contributed by atoms with van der Waals surface area (Å²) in [5, 5.41) is 13.2. The van der Waals surface area contributed by atoms with Gasteiger partial charge in [-0.1, -0.05) is 85.8 Å². The number of hydrogen-bond acceptors (Lipinski definition) is 9. The molecule has 0 aliphatic heterocycles. The summed E-state index contributed by atoms with van der Waals surface area (Å²) in [6, 6.07) is 8.86. The third-order valence-electron chi connectivity index (χ3n) is 8.46. The van der Waals surface area contributed by atoms with Crippen LogP contribution in [0.5, 0.6) is 5.88 Å². The Bertz CT molecular complexity index is 1970. The molecule has 284 valence electrons. The standard InChI is InChI=1S/C42H57N7O3S/c1-12-13-14-16-29(19-27(2)3)20-34-28(4)38(47-40(46-34)48-53-33-18-15-17-30(21-33)39(50)51)52-26-31(23-41(5,6)7)43-24-32-25-44-35-22-36(42(8,9)10)49(11)37(35)45-32/h12-18,20-22,25,27,31,43H,19,23-24,26H2,1-11H3,(H,50,51)(H,46,47,48)/b13-12+,16-14-,29-20-. The molecule has 0 spiro atoms. The summed E-state index contributed by atoms with van der Waals surface area (Å²) < 4.78 is 11.9. The minimum Gasteiger partial charge on any atom is -0.478 e. The fraction of sp³-hybridized carbons (Fsp3) is 0.452. The molecule has 4 rings (SSSR count). The maximum atomic E-state index is 11.6. The molecule has 0 amide bonds. The maximum Gasteiger partial charge on any atom is 0.335 e. The molecule has 3 heterocycles. The van der Waals surface area contributed by atoms with Crippen LogP contribution in [0.1, 0.15) is 108 Å². The molecule has 0 bridgehead atoms. The Balaban J connectivity index is 1.63. The monoisotopic (exact) mass is 739 g/mol. The van der Waals surface area contributed by atoms with Crippen LogP contribution < -0.4 is 14.8 Å². The molecular weight excluding hydrogens is 683 g/mol. The Kier molecular flexibility index (Phi) is 14.0. The van der Waals surface area contributed by atoms with Crippen LogP contribution in [0.25, 0.3) is 17.2 Å². The number of rotatable bonds is 16. The van der Waals surface area contributed by atoms with Crippen molar-refractivity contribution in [1.82, 2.24) is 29.8 Å². The lowest BCUT2D eigenvalue weighted by Gasteiger charge is -2.27. The molecule has 53 heavy (non-hydrogen) atoms. The van der Waals surface area contributed by atoms with Gasteiger partial charge in [0.25, 0.3) is 0 Å². The van der Waals surface area contributed by atoms with Crippen LogP contribution in [-0.2, 0) is 19.0 Å². The maximum absolute atomic E-state index is 11.6. The predicted molar refractivity (Wildman–Crippen MR) is 218 cm³/mol. The molecule has 4 aromatic rings. The van der Waals surface area contributed by atoms with E-state index in [0.29, 0.717) is 30.9 Å². The third kappa shape index (κ3) is 12.3. The van der Waals surface area contributed by atoms with Gasteiger partial charge in [0, 0.05) is 41.2 Å². The van der Waals surface area contributed by atoms with Crippen molar-refractivity contribution in [2.75, 3.05) is 11.3 Å². The zero-order valence-corrected chi connectivity index (χ0v) is 34.1. The Labute approximate surface area is 319 Å². The molecular formula is C42H57N7O3S. The first kappa shape index (κ1) is 41.3. The van der Waals surface area contributed by atoms with Crippen molar-refractivity contribution in [3.05, 3.63) is 94.6 Å². The average molecular weight is 740 g/mol. The summed E-state index contributed by atoms with van der Waals surface area (Å²) in [4.78, 5) is 31.7. The Morgan fingerprint density at radius 1 is 1.08 bits per heavy atom. The highest BCUT2D eigenvalue weighted by Crippen LogP contribution is 2.29. The number of ether oxygens (including phenoxy) is 1. The number of allylic oxidation sites excluding steroid dienone is 5. The first-order valence-corrected chi connectivity index (χ1v) is 19.1. The van der Waals surface area contributed by atoms with Gasteiger partial charge in [0.05, 0.1) is 23.1 Å². The lowest BCUT2D eigenvalue weighted by Crippen LogP contribution is -2.38. The number of hydrogen-bond donors (Lipinski definition) is 3. The average Bonchev–Trinajstić information content (AvgIpc) is 3.42. The number of carboxylic acid groups (broad SMARTS) is 1. The molecule has 10 nitrogen and oxygen atoms in total. The van der Waals surface area contributed by atoms with E-state index >= 15 is 0 Å². The molecule has 0 fully saturated rings. The van der Waals surface area contributed by atoms with Gasteiger partial charge in [-0.25, -0.2) is 14.8 Å². The number of nitrogens with one attached hydrogen (secondary N) is 2. The Morgan fingerprint density at radius 2 is 1.83 bits per heavy atom. The van der Waals surface area contributed by atoms with Crippen LogP contribution in [0.3, 0.4) is 0 Å². The summed E-state index contributed by atoms with van der Waals surface area (Å²) in [5.41, 5.74) is 6.77. The predicted octanol–water partition coefficient (Wildman–Crippen LogP) is 9.72. The van der Waals surface area contributed by atoms with Gasteiger partial charge in [0.1, 0.15) is 12.1 Å². The molecule has 0 aliphatic carbocycles. The van der Waals surface area contributed by atoms with E-state index in [9.17, 15) is 9.90 Å². The molecule has 3 aromatic heterocycles. The first-order valence-electron chi connectivity index (χ1n) is 18.3. The number of carboxylic acids is 1. The van der Waals surface area contributed by atoms with Gasteiger partial charge in [-0.2, -0.15) is 4.98 Å². The molecule has 1 atom stereocenters. The minimum atomic E-state index is -0.980. The Morgan fingerprint density at radius 3 is 2.49 bits per heavy atom. The van der Waals surface area contributed by atoms with E-state index in [4.69, 9.17) is 24.7 Å². The molecule has 0 radical (unpaired) electrons. The number of aromatic carboxylic acids is 1. The second-order valence-electron chi connectivity index (χ2n) is 16.2. The summed E-state index contributed by atoms with van der Waals surface area (Å²) in [5.74, 6) is 0.313. The fourth-order valence-corrected chi connectivity index (χ4v) is 6.66. The SMILES string of the molecule is C/C=C/C=C\C(=C\c1nc(NSc2cccc(C(=O)O)c2)nc(OCC(CC(C)(C)C)NCc2cnc3cc(C(C)(C)C)n(C)c3n2)c1C)CC(C)C. The number of carbonyl (C=O) groups is 1. The number of aryl methyl sites for hydroxylation is 1. The second-order valence-corrected chi connectivity index (χ2v) is 17.0. The summed E-state index contributed by atoms with van der Waals surface area (Å²) >= 11 is 1.25. The molecule has 1 unspecified atom stereocenters. The first-order chi connectivity index (χ1) is 24.9. The topological polar surface area (TPSA) is 127 Å². The van der Waals surface area contributed by atoms with Crippen LogP contribution in [-0.4, -0.2) is 48.2 Å². The van der Waals surface area contributed by atoms with E-state index in [-0.39, 0.29) is 22.4 Å². The van der Waals surface area contributed by atoms with Gasteiger partial charge >= 0.3 is 5.97 Å². The van der Waals surface area contributed by atoms with Crippen molar-refractivity contribution in [2.24, 2.45) is 18.4 Å². The summed E-state index contributed by atoms with van der Waals surface area (Å²) in [7, 11) is 2.05. The minimum absolute atomic E-state index is 0.00999. The lowest BCUT2D eigenvalue weighted by molar-refractivity contribution is 0.0696. The van der Waals surface area contributed by atoms with E-state index in [0.717, 1.165) is 51.4 Å². The normalized spacial score (nSPS) is 13.5. The molecule has 1 aromatic carbocycles. The van der Waals surface area contributed by atoms with Crippen LogP contribution in [0.4, 0.5) is 5.95 Å². The van der Waals surface area contributed by atoms with Crippen LogP contribution >= 0.6 is 11.9 Å². The van der Waals surface area contributed by atoms with Crippen LogP contribution in [0.15, 0.2) is 71.3 Å². The number of anilines is 1. The largest absolute Gasteiger partial charge is 0.478 e. The summed E-state index contributed by atoms with van der Waals surface area (Å²) in [6.45, 7) is 22.6. The van der Waals surface area contributed by atoms with Crippen molar-refractivity contribution in [3.8, 4) is 5.88 Å². The molecule has 0 saturated carbocycles. The highest BCUT2D eigenvalue weighted by atomic mass is 32.2. The molecule has 0 aliphatic rings. The highest BCUT2D eigenvalue weighted by Gasteiger charge is 2.23. The van der Waals surface area contributed by atoms with Gasteiger partial charge in [-0.3, -0.25) is 9.71 Å². The molecule has 3 N–H and O–H groups in total. The summed E-state index contributed by atoms with van der Waals surface area (Å²) in [6.07, 6.45) is 13.8. The van der Waals surface area contributed by atoms with Crippen molar-refractivity contribution >= 4 is 41.1 Å². The van der Waals surface area contributed by atoms with Crippen LogP contribution in [0, 0.1) is 18.3 Å². The second kappa shape index (κ2) is 18.0. The zero-order valence-electron chi connectivity index (χ0n) is 33.2. The van der Waals surface area contributed by atoms with E-state index in [1.54, 1.807) is 18.2 Å². The number of fused-ring (bicyclic) bond motifs is 1. The lowest BCUT2D eigenvalue weighted by atomic mass is 9.88. The van der Waals surface area contributed by atoms with Gasteiger partial charge < -0.3 is 19.7 Å². The van der Waals surface area contributed by atoms with E-state index in [1.165, 1.54) is 17.6 Å². The Hall–Kier alpha value is -4.48. The molecule has 0 saturated heterocycles. The van der Waals surface area contributed by atoms with Crippen molar-refractivity contribution in [2.45, 2.75) is 105 Å². The fourth-order valence-electron chi connectivity index (χ4n) is 6.02. The number of nitrogens with zero attached hydrogens (tertiary/aromatic N) is 5. The third-order valence-corrected chi connectivity index (χ3v) is 9.24. The van der Waals surface area contributed by atoms with Gasteiger partial charge in [-0.15, -0.1) is 0 Å². The zero-order chi connectivity index (χ0) is 38.9. The highest BCUT2D eigenvalue weighted by molar-refractivity contribution is 8.00. The smallest absolute Gasteiger partial charge is 0.335 e. The van der Waals surface area contributed by atoms with Crippen LogP contribution in [0.2, 0.25) is 0 Å². The van der Waals surface area contributed by atoms with Gasteiger partial charge in [-0.05, 0) is 85.9 Å². The van der Waals surface area contributed by atoms with E-state index < -0.39 is 5.97 Å². The molecule has 11 heteroatoms. The van der Waals surface area contributed by atoms with Gasteiger partial charge in [0.2, 0.25) is 11.8 Å². The van der Waals surface area contributed by atoms with E-state index in [1.807, 2.05) is 44.3 Å². The van der Waals surface area contributed by atoms with Crippen molar-refractivity contribution < 1.29 is 14.6 Å². The van der Waals surface area contributed by atoms with Crippen molar-refractivity contribution in [3.63, 3.8) is 0 Å². The number of aromatic nitrogens is 5.